The molecule has 1 aromatic rings. The summed E-state index contributed by atoms with van der Waals surface area (Å²) in [5, 5.41) is 12.2. The molecule has 1 fully saturated rings. The van der Waals surface area contributed by atoms with Crippen LogP contribution in [0.1, 0.15) is 54.9 Å². The Bertz CT molecular complexity index is 565. The molecule has 0 saturated heterocycles. The molecule has 0 aliphatic heterocycles. The van der Waals surface area contributed by atoms with E-state index < -0.39 is 0 Å². The minimum Gasteiger partial charge on any atom is -0.395 e. The second kappa shape index (κ2) is 8.11. The van der Waals surface area contributed by atoms with E-state index in [1.165, 1.54) is 13.3 Å². The number of carbonyl (C=O) groups excluding carboxylic acids is 2. The molecular weight excluding hydrogens is 292 g/mol. The summed E-state index contributed by atoms with van der Waals surface area (Å²) in [6.07, 6.45) is 5.47. The average molecular weight is 318 g/mol. The Hall–Kier alpha value is -1.88. The van der Waals surface area contributed by atoms with Crippen molar-refractivity contribution in [2.45, 2.75) is 52.0 Å². The highest BCUT2D eigenvalue weighted by Crippen LogP contribution is 2.23. The molecule has 1 aliphatic rings. The zero-order chi connectivity index (χ0) is 16.8. The van der Waals surface area contributed by atoms with Gasteiger partial charge in [-0.05, 0) is 50.5 Å². The third-order valence-corrected chi connectivity index (χ3v) is 4.47. The molecule has 2 amide bonds. The number of aryl methyl sites for hydroxylation is 1. The van der Waals surface area contributed by atoms with Crippen molar-refractivity contribution in [1.29, 1.82) is 0 Å². The van der Waals surface area contributed by atoms with E-state index in [0.29, 0.717) is 17.8 Å². The molecule has 2 N–H and O–H groups in total. The number of aliphatic hydroxyl groups excluding tert-OH is 1. The van der Waals surface area contributed by atoms with Crippen molar-refractivity contribution in [2.75, 3.05) is 18.5 Å². The molecule has 1 saturated carbocycles. The van der Waals surface area contributed by atoms with Crippen LogP contribution in [0.2, 0.25) is 0 Å². The second-order valence-electron chi connectivity index (χ2n) is 6.22. The van der Waals surface area contributed by atoms with Gasteiger partial charge in [0.25, 0.3) is 0 Å². The lowest BCUT2D eigenvalue weighted by atomic mass is 9.94. The first-order valence-electron chi connectivity index (χ1n) is 8.33. The van der Waals surface area contributed by atoms with Crippen molar-refractivity contribution in [2.24, 2.45) is 0 Å². The van der Waals surface area contributed by atoms with Crippen LogP contribution >= 0.6 is 0 Å². The molecule has 0 unspecified atom stereocenters. The number of nitrogens with one attached hydrogen (secondary N) is 1. The fourth-order valence-corrected chi connectivity index (χ4v) is 3.28. The number of hydrogen-bond acceptors (Lipinski definition) is 3. The Morgan fingerprint density at radius 2 is 1.96 bits per heavy atom. The molecule has 2 rings (SSSR count). The zero-order valence-corrected chi connectivity index (χ0v) is 14.0. The van der Waals surface area contributed by atoms with Crippen LogP contribution in [0, 0.1) is 6.92 Å². The van der Waals surface area contributed by atoms with Crippen molar-refractivity contribution >= 4 is 17.5 Å². The number of carbonyl (C=O) groups is 2. The fraction of sp³-hybridized carbons (Fsp3) is 0.556. The Kier molecular flexibility index (Phi) is 6.16. The van der Waals surface area contributed by atoms with Crippen LogP contribution in [0.15, 0.2) is 18.2 Å². The number of rotatable bonds is 5. The molecule has 0 spiro atoms. The minimum atomic E-state index is -0.180. The third kappa shape index (κ3) is 4.55. The Balaban J connectivity index is 2.08. The van der Waals surface area contributed by atoms with Gasteiger partial charge in [-0.25, -0.2) is 4.79 Å². The topological polar surface area (TPSA) is 69.6 Å². The lowest BCUT2D eigenvalue weighted by Gasteiger charge is -2.34. The van der Waals surface area contributed by atoms with E-state index in [-0.39, 0.29) is 24.5 Å². The van der Waals surface area contributed by atoms with Crippen molar-refractivity contribution in [3.63, 3.8) is 0 Å². The molecule has 1 aliphatic carbocycles. The van der Waals surface area contributed by atoms with E-state index >= 15 is 0 Å². The Morgan fingerprint density at radius 3 is 2.52 bits per heavy atom. The fourth-order valence-electron chi connectivity index (χ4n) is 3.28. The van der Waals surface area contributed by atoms with E-state index in [0.717, 1.165) is 31.2 Å². The van der Waals surface area contributed by atoms with Crippen LogP contribution < -0.4 is 5.32 Å². The molecule has 23 heavy (non-hydrogen) atoms. The van der Waals surface area contributed by atoms with Crippen LogP contribution in [0.5, 0.6) is 0 Å². The summed E-state index contributed by atoms with van der Waals surface area (Å²) >= 11 is 0. The molecule has 0 atom stereocenters. The van der Waals surface area contributed by atoms with Crippen LogP contribution in [0.3, 0.4) is 0 Å². The van der Waals surface area contributed by atoms with Crippen LogP contribution in [-0.4, -0.2) is 41.0 Å². The molecule has 0 heterocycles. The number of hydrogen-bond donors (Lipinski definition) is 2. The van der Waals surface area contributed by atoms with Gasteiger partial charge in [0.05, 0.1) is 6.61 Å². The first-order valence-corrected chi connectivity index (χ1v) is 8.33. The zero-order valence-electron chi connectivity index (χ0n) is 14.0. The van der Waals surface area contributed by atoms with E-state index in [4.69, 9.17) is 0 Å². The normalized spacial score (nSPS) is 15.3. The van der Waals surface area contributed by atoms with E-state index in [1.54, 1.807) is 17.0 Å². The summed E-state index contributed by atoms with van der Waals surface area (Å²) in [7, 11) is 0. The molecule has 5 nitrogen and oxygen atoms in total. The number of aliphatic hydroxyl groups is 1. The summed E-state index contributed by atoms with van der Waals surface area (Å²) in [5.41, 5.74) is 2.19. The van der Waals surface area contributed by atoms with E-state index in [2.05, 4.69) is 5.32 Å². The van der Waals surface area contributed by atoms with Crippen LogP contribution in [-0.2, 0) is 0 Å². The van der Waals surface area contributed by atoms with Crippen molar-refractivity contribution in [3.05, 3.63) is 29.3 Å². The van der Waals surface area contributed by atoms with Crippen molar-refractivity contribution in [3.8, 4) is 0 Å². The van der Waals surface area contributed by atoms with Gasteiger partial charge in [-0.15, -0.1) is 0 Å². The van der Waals surface area contributed by atoms with E-state index in [9.17, 15) is 14.7 Å². The summed E-state index contributed by atoms with van der Waals surface area (Å²) in [5.74, 6) is 0.0180. The third-order valence-electron chi connectivity index (χ3n) is 4.47. The number of ketones is 1. The minimum absolute atomic E-state index is 0.0180. The summed E-state index contributed by atoms with van der Waals surface area (Å²) < 4.78 is 0. The maximum Gasteiger partial charge on any atom is 0.322 e. The second-order valence-corrected chi connectivity index (χ2v) is 6.22. The molecule has 1 aromatic carbocycles. The predicted molar refractivity (Wildman–Crippen MR) is 90.9 cm³/mol. The summed E-state index contributed by atoms with van der Waals surface area (Å²) in [4.78, 5) is 25.8. The molecular formula is C18H26N2O3. The highest BCUT2D eigenvalue weighted by molar-refractivity contribution is 5.97. The summed E-state index contributed by atoms with van der Waals surface area (Å²) in [6.45, 7) is 3.71. The first kappa shape index (κ1) is 17.5. The van der Waals surface area contributed by atoms with Crippen molar-refractivity contribution in [1.82, 2.24) is 4.90 Å². The number of benzene rings is 1. The number of amides is 2. The van der Waals surface area contributed by atoms with Crippen LogP contribution in [0.4, 0.5) is 10.5 Å². The lowest BCUT2D eigenvalue weighted by Crippen LogP contribution is -2.45. The van der Waals surface area contributed by atoms with Gasteiger partial charge in [0.1, 0.15) is 0 Å². The van der Waals surface area contributed by atoms with Gasteiger partial charge in [-0.2, -0.15) is 0 Å². The standard InChI is InChI=1S/C18H26N2O3/c1-13-12-15(8-9-17(13)14(2)22)19-18(23)20(10-11-21)16-6-4-3-5-7-16/h8-9,12,16,21H,3-7,10-11H2,1-2H3,(H,19,23). The molecule has 0 aromatic heterocycles. The Labute approximate surface area is 137 Å². The largest absolute Gasteiger partial charge is 0.395 e. The maximum atomic E-state index is 12.6. The lowest BCUT2D eigenvalue weighted by molar-refractivity contribution is 0.101. The number of Topliss-reactive ketones (excluding diaryl/α,β-unsaturated/α-hetero) is 1. The van der Waals surface area contributed by atoms with Gasteiger partial charge >= 0.3 is 6.03 Å². The molecule has 0 radical (unpaired) electrons. The van der Waals surface area contributed by atoms with E-state index in [1.807, 2.05) is 13.0 Å². The SMILES string of the molecule is CC(=O)c1ccc(NC(=O)N(CCO)C2CCCCC2)cc1C. The molecule has 126 valence electrons. The van der Waals surface area contributed by atoms with Gasteiger partial charge in [0.15, 0.2) is 5.78 Å². The number of urea groups is 1. The highest BCUT2D eigenvalue weighted by atomic mass is 16.3. The van der Waals surface area contributed by atoms with Gasteiger partial charge in [-0.1, -0.05) is 19.3 Å². The number of anilines is 1. The molecule has 0 bridgehead atoms. The average Bonchev–Trinajstić information content (AvgIpc) is 2.53. The monoisotopic (exact) mass is 318 g/mol. The van der Waals surface area contributed by atoms with Crippen molar-refractivity contribution < 1.29 is 14.7 Å². The molecule has 5 heteroatoms. The van der Waals surface area contributed by atoms with Gasteiger partial charge in [-0.3, -0.25) is 4.79 Å². The quantitative estimate of drug-likeness (QED) is 0.818. The van der Waals surface area contributed by atoms with Gasteiger partial charge in [0.2, 0.25) is 0 Å². The maximum absolute atomic E-state index is 12.6. The predicted octanol–water partition coefficient (Wildman–Crippen LogP) is 3.36. The van der Waals surface area contributed by atoms with Crippen LogP contribution in [0.25, 0.3) is 0 Å². The smallest absolute Gasteiger partial charge is 0.322 e. The number of nitrogens with zero attached hydrogens (tertiary/aromatic N) is 1. The van der Waals surface area contributed by atoms with Gasteiger partial charge in [0, 0.05) is 23.8 Å². The summed E-state index contributed by atoms with van der Waals surface area (Å²) in [6, 6.07) is 5.32. The first-order chi connectivity index (χ1) is 11.0. The highest BCUT2D eigenvalue weighted by Gasteiger charge is 2.25. The van der Waals surface area contributed by atoms with Gasteiger partial charge < -0.3 is 15.3 Å². The Morgan fingerprint density at radius 1 is 1.26 bits per heavy atom.